The fraction of sp³-hybridized carbons (Fsp3) is 0.824. The van der Waals surface area contributed by atoms with Crippen molar-refractivity contribution in [3.05, 3.63) is 0 Å². The van der Waals surface area contributed by atoms with E-state index in [1.54, 1.807) is 20.8 Å². The van der Waals surface area contributed by atoms with Gasteiger partial charge in [-0.3, -0.25) is 4.79 Å². The predicted octanol–water partition coefficient (Wildman–Crippen LogP) is 2.49. The third-order valence-electron chi connectivity index (χ3n) is 3.78. The van der Waals surface area contributed by atoms with Crippen LogP contribution in [0.3, 0.4) is 0 Å². The van der Waals surface area contributed by atoms with Crippen molar-refractivity contribution in [1.82, 2.24) is 10.2 Å². The van der Waals surface area contributed by atoms with Gasteiger partial charge in [0.2, 0.25) is 5.91 Å². The number of thioether (sulfide) groups is 1. The molecular weight excluding hydrogens is 344 g/mol. The Labute approximate surface area is 153 Å². The van der Waals surface area contributed by atoms with Gasteiger partial charge >= 0.3 is 12.1 Å². The van der Waals surface area contributed by atoms with Gasteiger partial charge in [0.15, 0.2) is 0 Å². The number of nitrogens with one attached hydrogen (secondary N) is 1. The molecule has 1 aliphatic heterocycles. The third-order valence-corrected chi connectivity index (χ3v) is 4.95. The smallest absolute Gasteiger partial charge is 0.408 e. The van der Waals surface area contributed by atoms with Crippen LogP contribution in [0.25, 0.3) is 0 Å². The van der Waals surface area contributed by atoms with Crippen LogP contribution in [0.5, 0.6) is 0 Å². The second-order valence-electron chi connectivity index (χ2n) is 7.22. The Balaban J connectivity index is 2.40. The van der Waals surface area contributed by atoms with Crippen LogP contribution in [-0.4, -0.2) is 63.7 Å². The number of ether oxygens (including phenoxy) is 1. The molecule has 144 valence electrons. The number of carboxylic acids is 1. The number of carboxylic acid groups (broad SMARTS) is 1. The summed E-state index contributed by atoms with van der Waals surface area (Å²) in [4.78, 5) is 37.2. The highest BCUT2D eigenvalue weighted by Crippen LogP contribution is 2.18. The minimum Gasteiger partial charge on any atom is -0.480 e. The Hall–Kier alpha value is -1.44. The zero-order valence-electron chi connectivity index (χ0n) is 15.5. The SMILES string of the molecule is CC(SCCC(NC(=O)OC(C)(C)C)C(=O)O)C(=O)N1CCCCC1. The first-order chi connectivity index (χ1) is 11.6. The van der Waals surface area contributed by atoms with Gasteiger partial charge < -0.3 is 20.1 Å². The summed E-state index contributed by atoms with van der Waals surface area (Å²) in [6.07, 6.45) is 2.75. The molecule has 0 aromatic carbocycles. The molecule has 0 spiro atoms. The maximum absolute atomic E-state index is 12.3. The normalized spacial score (nSPS) is 17.5. The van der Waals surface area contributed by atoms with Crippen LogP contribution >= 0.6 is 11.8 Å². The molecule has 2 unspecified atom stereocenters. The van der Waals surface area contributed by atoms with E-state index in [9.17, 15) is 19.5 Å². The predicted molar refractivity (Wildman–Crippen MR) is 97.8 cm³/mol. The molecule has 1 aliphatic rings. The summed E-state index contributed by atoms with van der Waals surface area (Å²) in [5.74, 6) is -0.536. The second-order valence-corrected chi connectivity index (χ2v) is 8.67. The van der Waals surface area contributed by atoms with Crippen LogP contribution in [-0.2, 0) is 14.3 Å². The summed E-state index contributed by atoms with van der Waals surface area (Å²) < 4.78 is 5.08. The summed E-state index contributed by atoms with van der Waals surface area (Å²) in [5, 5.41) is 11.4. The standard InChI is InChI=1S/C17H30N2O5S/c1-12(14(20)19-9-6-5-7-10-19)25-11-8-13(15(21)22)18-16(23)24-17(2,3)4/h12-13H,5-11H2,1-4H3,(H,18,23)(H,21,22). The van der Waals surface area contributed by atoms with Gasteiger partial charge in [0.1, 0.15) is 11.6 Å². The highest BCUT2D eigenvalue weighted by atomic mass is 32.2. The lowest BCUT2D eigenvalue weighted by atomic mass is 10.1. The van der Waals surface area contributed by atoms with Crippen LogP contribution in [0.4, 0.5) is 4.79 Å². The number of hydrogen-bond donors (Lipinski definition) is 2. The minimum absolute atomic E-state index is 0.108. The monoisotopic (exact) mass is 374 g/mol. The van der Waals surface area contributed by atoms with Crippen LogP contribution in [0.1, 0.15) is 53.4 Å². The first-order valence-corrected chi connectivity index (χ1v) is 9.78. The number of rotatable bonds is 7. The average molecular weight is 375 g/mol. The molecule has 2 amide bonds. The van der Waals surface area contributed by atoms with Gasteiger partial charge in [-0.05, 0) is 59.1 Å². The van der Waals surface area contributed by atoms with E-state index < -0.39 is 23.7 Å². The molecule has 1 saturated heterocycles. The van der Waals surface area contributed by atoms with Gasteiger partial charge in [-0.25, -0.2) is 9.59 Å². The van der Waals surface area contributed by atoms with Crippen molar-refractivity contribution in [2.24, 2.45) is 0 Å². The van der Waals surface area contributed by atoms with E-state index in [1.807, 2.05) is 11.8 Å². The third kappa shape index (κ3) is 8.47. The van der Waals surface area contributed by atoms with Gasteiger partial charge in [0, 0.05) is 13.1 Å². The number of amides is 2. The van der Waals surface area contributed by atoms with Gasteiger partial charge in [-0.15, -0.1) is 11.8 Å². The largest absolute Gasteiger partial charge is 0.480 e. The molecule has 1 rings (SSSR count). The van der Waals surface area contributed by atoms with Crippen molar-refractivity contribution in [2.75, 3.05) is 18.8 Å². The van der Waals surface area contributed by atoms with Gasteiger partial charge in [-0.1, -0.05) is 0 Å². The lowest BCUT2D eigenvalue weighted by Gasteiger charge is -2.29. The van der Waals surface area contributed by atoms with Crippen LogP contribution < -0.4 is 5.32 Å². The zero-order valence-corrected chi connectivity index (χ0v) is 16.4. The molecule has 8 heteroatoms. The Kier molecular flexibility index (Phi) is 8.55. The molecule has 2 N–H and O–H groups in total. The summed E-state index contributed by atoms with van der Waals surface area (Å²) in [7, 11) is 0. The summed E-state index contributed by atoms with van der Waals surface area (Å²) in [6.45, 7) is 8.60. The lowest BCUT2D eigenvalue weighted by molar-refractivity contribution is -0.139. The maximum atomic E-state index is 12.3. The number of piperidine rings is 1. The van der Waals surface area contributed by atoms with E-state index in [0.717, 1.165) is 25.9 Å². The summed E-state index contributed by atoms with van der Waals surface area (Å²) in [5.41, 5.74) is -0.683. The minimum atomic E-state index is -1.11. The van der Waals surface area contributed by atoms with Crippen molar-refractivity contribution in [1.29, 1.82) is 0 Å². The average Bonchev–Trinajstić information content (AvgIpc) is 2.52. The number of carbonyl (C=O) groups excluding carboxylic acids is 2. The van der Waals surface area contributed by atoms with Crippen LogP contribution in [0, 0.1) is 0 Å². The Morgan fingerprint density at radius 3 is 2.32 bits per heavy atom. The van der Waals surface area contributed by atoms with Crippen molar-refractivity contribution >= 4 is 29.7 Å². The highest BCUT2D eigenvalue weighted by molar-refractivity contribution is 8.00. The molecule has 0 bridgehead atoms. The van der Waals surface area contributed by atoms with E-state index in [-0.39, 0.29) is 17.6 Å². The molecule has 7 nitrogen and oxygen atoms in total. The maximum Gasteiger partial charge on any atom is 0.408 e. The number of likely N-dealkylation sites (tertiary alicyclic amines) is 1. The lowest BCUT2D eigenvalue weighted by Crippen LogP contribution is -2.44. The van der Waals surface area contributed by atoms with E-state index in [4.69, 9.17) is 4.74 Å². The van der Waals surface area contributed by atoms with Crippen molar-refractivity contribution in [3.63, 3.8) is 0 Å². The zero-order chi connectivity index (χ0) is 19.0. The summed E-state index contributed by atoms with van der Waals surface area (Å²) >= 11 is 1.42. The quantitative estimate of drug-likeness (QED) is 0.711. The Morgan fingerprint density at radius 2 is 1.80 bits per heavy atom. The Morgan fingerprint density at radius 1 is 1.20 bits per heavy atom. The molecule has 0 radical (unpaired) electrons. The number of nitrogens with zero attached hydrogens (tertiary/aromatic N) is 1. The first kappa shape index (κ1) is 21.6. The number of aliphatic carboxylic acids is 1. The number of alkyl carbamates (subject to hydrolysis) is 1. The van der Waals surface area contributed by atoms with Crippen molar-refractivity contribution in [3.8, 4) is 0 Å². The van der Waals surface area contributed by atoms with Gasteiger partial charge in [0.25, 0.3) is 0 Å². The molecule has 0 aliphatic carbocycles. The molecule has 25 heavy (non-hydrogen) atoms. The van der Waals surface area contributed by atoms with Crippen molar-refractivity contribution in [2.45, 2.75) is 70.3 Å². The first-order valence-electron chi connectivity index (χ1n) is 8.73. The fourth-order valence-corrected chi connectivity index (χ4v) is 3.53. The molecule has 0 aromatic heterocycles. The Bertz CT molecular complexity index is 472. The summed E-state index contributed by atoms with van der Waals surface area (Å²) in [6, 6.07) is -1.03. The number of hydrogen-bond acceptors (Lipinski definition) is 5. The van der Waals surface area contributed by atoms with Gasteiger partial charge in [-0.2, -0.15) is 0 Å². The molecule has 1 heterocycles. The van der Waals surface area contributed by atoms with E-state index in [2.05, 4.69) is 5.32 Å². The van der Waals surface area contributed by atoms with E-state index >= 15 is 0 Å². The molecule has 2 atom stereocenters. The second kappa shape index (κ2) is 9.89. The van der Waals surface area contributed by atoms with Crippen LogP contribution in [0.2, 0.25) is 0 Å². The van der Waals surface area contributed by atoms with Gasteiger partial charge in [0.05, 0.1) is 5.25 Å². The molecule has 1 fully saturated rings. The number of carbonyl (C=O) groups is 3. The topological polar surface area (TPSA) is 95.9 Å². The fourth-order valence-electron chi connectivity index (χ4n) is 2.51. The molecule has 0 saturated carbocycles. The van der Waals surface area contributed by atoms with Crippen molar-refractivity contribution < 1.29 is 24.2 Å². The molecular formula is C17H30N2O5S. The van der Waals surface area contributed by atoms with Crippen LogP contribution in [0.15, 0.2) is 0 Å². The highest BCUT2D eigenvalue weighted by Gasteiger charge is 2.26. The van der Waals surface area contributed by atoms with E-state index in [0.29, 0.717) is 5.75 Å². The molecule has 0 aromatic rings. The van der Waals surface area contributed by atoms with E-state index in [1.165, 1.54) is 18.2 Å².